The summed E-state index contributed by atoms with van der Waals surface area (Å²) in [4.78, 5) is 35.6. The van der Waals surface area contributed by atoms with Crippen molar-refractivity contribution in [3.63, 3.8) is 0 Å². The van der Waals surface area contributed by atoms with Crippen LogP contribution in [0.25, 0.3) is 12.2 Å². The van der Waals surface area contributed by atoms with Crippen LogP contribution in [0, 0.1) is 0 Å². The predicted molar refractivity (Wildman–Crippen MR) is 224 cm³/mol. The van der Waals surface area contributed by atoms with E-state index in [1.165, 1.54) is 64.2 Å². The molecule has 2 atom stereocenters. The normalized spacial score (nSPS) is 13.8. The number of phosphoric ester groups is 1. The molecule has 0 aliphatic rings. The maximum absolute atomic E-state index is 12.9. The highest BCUT2D eigenvalue weighted by atomic mass is 31.2. The lowest BCUT2D eigenvalue weighted by atomic mass is 10.0. The van der Waals surface area contributed by atoms with Crippen molar-refractivity contribution in [3.8, 4) is 0 Å². The first-order valence-electron chi connectivity index (χ1n) is 20.4. The minimum absolute atomic E-state index is 0.00717. The number of unbranched alkanes of at least 4 members (excludes halogenated alkanes) is 12. The molecule has 0 aliphatic heterocycles. The number of rotatable bonds is 31. The van der Waals surface area contributed by atoms with Gasteiger partial charge in [-0.15, -0.1) is 0 Å². The number of esters is 2. The van der Waals surface area contributed by atoms with Gasteiger partial charge in [0.1, 0.15) is 19.8 Å². The number of hydrogen-bond donors (Lipinski definition) is 1. The van der Waals surface area contributed by atoms with Gasteiger partial charge in [-0.25, -0.2) is 4.57 Å². The Morgan fingerprint density at radius 2 is 1.22 bits per heavy atom. The molecule has 0 radical (unpaired) electrons. The first-order chi connectivity index (χ1) is 26.5. The molecular weight excluding hydrogens is 713 g/mol. The highest BCUT2D eigenvalue weighted by Gasteiger charge is 2.27. The van der Waals surface area contributed by atoms with Gasteiger partial charge in [-0.05, 0) is 29.5 Å². The van der Waals surface area contributed by atoms with E-state index >= 15 is 0 Å². The molecule has 0 aromatic heterocycles. The van der Waals surface area contributed by atoms with E-state index in [-0.39, 0.29) is 26.1 Å². The van der Waals surface area contributed by atoms with Gasteiger partial charge in [-0.2, -0.15) is 0 Å². The number of quaternary nitrogens is 1. The summed E-state index contributed by atoms with van der Waals surface area (Å²) in [5.41, 5.74) is 3.13. The maximum atomic E-state index is 12.9. The third-order valence-corrected chi connectivity index (χ3v) is 9.94. The fraction of sp³-hybridized carbons (Fsp3) is 0.556. The Kier molecular flexibility index (Phi) is 25.2. The summed E-state index contributed by atoms with van der Waals surface area (Å²) in [7, 11) is 1.39. The molecule has 0 saturated carbocycles. The van der Waals surface area contributed by atoms with E-state index in [1.54, 1.807) is 0 Å². The van der Waals surface area contributed by atoms with Crippen LogP contribution in [-0.2, 0) is 39.1 Å². The molecule has 2 aromatic rings. The number of aryl methyl sites for hydroxylation is 1. The van der Waals surface area contributed by atoms with Gasteiger partial charge in [-0.1, -0.05) is 175 Å². The lowest BCUT2D eigenvalue weighted by Gasteiger charge is -2.24. The van der Waals surface area contributed by atoms with Crippen molar-refractivity contribution in [2.24, 2.45) is 0 Å². The van der Waals surface area contributed by atoms with E-state index in [1.807, 2.05) is 112 Å². The zero-order chi connectivity index (χ0) is 40.0. The molecule has 55 heavy (non-hydrogen) atoms. The number of hydrogen-bond acceptors (Lipinski definition) is 7. The number of carbonyl (C=O) groups is 2. The van der Waals surface area contributed by atoms with Gasteiger partial charge >= 0.3 is 19.8 Å². The van der Waals surface area contributed by atoms with Crippen LogP contribution in [0.2, 0.25) is 0 Å². The smallest absolute Gasteiger partial charge is 0.462 e. The number of carbonyl (C=O) groups excluding carboxylic acids is 2. The van der Waals surface area contributed by atoms with E-state index in [0.29, 0.717) is 17.4 Å². The van der Waals surface area contributed by atoms with Crippen LogP contribution >= 0.6 is 7.82 Å². The number of benzene rings is 2. The summed E-state index contributed by atoms with van der Waals surface area (Å²) < 4.78 is 34.3. The van der Waals surface area contributed by atoms with Crippen molar-refractivity contribution in [2.45, 2.75) is 116 Å². The monoisotopic (exact) mass is 782 g/mol. The molecule has 0 aliphatic carbocycles. The van der Waals surface area contributed by atoms with Crippen molar-refractivity contribution in [1.82, 2.24) is 0 Å². The average molecular weight is 783 g/mol. The molecule has 0 heterocycles. The molecule has 0 saturated heterocycles. The zero-order valence-corrected chi connectivity index (χ0v) is 35.0. The molecule has 2 aromatic carbocycles. The number of phosphoric acid groups is 1. The number of ether oxygens (including phenoxy) is 2. The quantitative estimate of drug-likeness (QED) is 0.0265. The second-order valence-corrected chi connectivity index (χ2v) is 16.6. The topological polar surface area (TPSA) is 108 Å². The van der Waals surface area contributed by atoms with Crippen LogP contribution < -0.4 is 0 Å². The van der Waals surface area contributed by atoms with Crippen molar-refractivity contribution in [2.75, 3.05) is 47.5 Å². The minimum atomic E-state index is -4.42. The third kappa shape index (κ3) is 27.0. The SMILES string of the molecule is CCCCCCCCCCCCCCCC(=O)OCC(COP(=O)(O)OCC[N+](C)(C)C)OC(=O)CCc1ccc(C=CC=CC=Cc2ccccc2)cc1. The zero-order valence-electron chi connectivity index (χ0n) is 34.1. The minimum Gasteiger partial charge on any atom is -0.462 e. The first kappa shape index (κ1) is 47.8. The van der Waals surface area contributed by atoms with Crippen LogP contribution in [0.15, 0.2) is 78.9 Å². The Bertz CT molecular complexity index is 1450. The summed E-state index contributed by atoms with van der Waals surface area (Å²) in [6.07, 6.45) is 27.4. The molecule has 0 spiro atoms. The summed E-state index contributed by atoms with van der Waals surface area (Å²) >= 11 is 0. The predicted octanol–water partition coefficient (Wildman–Crippen LogP) is 10.7. The summed E-state index contributed by atoms with van der Waals surface area (Å²) in [6.45, 7) is 2.01. The van der Waals surface area contributed by atoms with E-state index in [9.17, 15) is 19.0 Å². The largest absolute Gasteiger partial charge is 0.472 e. The molecule has 0 bridgehead atoms. The maximum Gasteiger partial charge on any atom is 0.472 e. The molecule has 0 amide bonds. The van der Waals surface area contributed by atoms with Crippen LogP contribution in [0.5, 0.6) is 0 Å². The summed E-state index contributed by atoms with van der Waals surface area (Å²) in [5, 5.41) is 0. The highest BCUT2D eigenvalue weighted by molar-refractivity contribution is 7.47. The molecule has 1 N–H and O–H groups in total. The molecule has 2 rings (SSSR count). The lowest BCUT2D eigenvalue weighted by Crippen LogP contribution is -2.37. The van der Waals surface area contributed by atoms with Crippen LogP contribution in [0.4, 0.5) is 0 Å². The fourth-order valence-electron chi connectivity index (χ4n) is 5.62. The van der Waals surface area contributed by atoms with Gasteiger partial charge in [0.05, 0.1) is 27.7 Å². The van der Waals surface area contributed by atoms with Crippen molar-refractivity contribution < 1.29 is 42.1 Å². The van der Waals surface area contributed by atoms with Gasteiger partial charge < -0.3 is 18.9 Å². The lowest BCUT2D eigenvalue weighted by molar-refractivity contribution is -0.870. The third-order valence-electron chi connectivity index (χ3n) is 8.96. The number of nitrogens with zero attached hydrogens (tertiary/aromatic N) is 1. The summed E-state index contributed by atoms with van der Waals surface area (Å²) in [5.74, 6) is -0.929. The molecule has 10 heteroatoms. The Hall–Kier alpha value is -3.33. The van der Waals surface area contributed by atoms with Crippen molar-refractivity contribution in [1.29, 1.82) is 0 Å². The van der Waals surface area contributed by atoms with E-state index in [2.05, 4.69) is 6.92 Å². The average Bonchev–Trinajstić information content (AvgIpc) is 3.15. The first-order valence-corrected chi connectivity index (χ1v) is 21.9. The van der Waals surface area contributed by atoms with Crippen molar-refractivity contribution >= 4 is 31.9 Å². The molecule has 0 fully saturated rings. The van der Waals surface area contributed by atoms with E-state index < -0.39 is 32.5 Å². The number of likely N-dealkylation sites (N-methyl/N-ethyl adjacent to an activating group) is 1. The van der Waals surface area contributed by atoms with Crippen LogP contribution in [-0.4, -0.2) is 74.9 Å². The summed E-state index contributed by atoms with van der Waals surface area (Å²) in [6, 6.07) is 18.0. The van der Waals surface area contributed by atoms with Crippen LogP contribution in [0.3, 0.4) is 0 Å². The number of allylic oxidation sites excluding steroid dienone is 4. The van der Waals surface area contributed by atoms with Gasteiger partial charge in [-0.3, -0.25) is 18.6 Å². The second kappa shape index (κ2) is 29.0. The molecule has 9 nitrogen and oxygen atoms in total. The van der Waals surface area contributed by atoms with E-state index in [4.69, 9.17) is 18.5 Å². The highest BCUT2D eigenvalue weighted by Crippen LogP contribution is 2.43. The molecule has 2 unspecified atom stereocenters. The second-order valence-electron chi connectivity index (χ2n) is 15.2. The van der Waals surface area contributed by atoms with Gasteiger partial charge in [0.2, 0.25) is 0 Å². The van der Waals surface area contributed by atoms with Gasteiger partial charge in [0, 0.05) is 12.8 Å². The Balaban J connectivity index is 1.77. The van der Waals surface area contributed by atoms with E-state index in [0.717, 1.165) is 36.0 Å². The Morgan fingerprint density at radius 1 is 0.673 bits per heavy atom. The van der Waals surface area contributed by atoms with Gasteiger partial charge in [0.25, 0.3) is 0 Å². The Labute approximate surface area is 332 Å². The van der Waals surface area contributed by atoms with Gasteiger partial charge in [0.15, 0.2) is 6.10 Å². The fourth-order valence-corrected chi connectivity index (χ4v) is 6.36. The van der Waals surface area contributed by atoms with Crippen LogP contribution in [0.1, 0.15) is 120 Å². The Morgan fingerprint density at radius 3 is 1.78 bits per heavy atom. The van der Waals surface area contributed by atoms with Crippen molar-refractivity contribution in [3.05, 3.63) is 95.6 Å². The molecule has 306 valence electrons. The standard InChI is InChI=1S/C45H68NO8P/c1-5-6-7-8-9-10-11-12-13-14-15-16-24-29-44(47)51-38-43(39-53-55(49,50)52-37-36-46(2,3)4)54-45(48)35-34-42-32-30-41(31-33-42)28-21-18-17-20-25-40-26-22-19-23-27-40/h17-23,25-28,30-33,43H,5-16,24,29,34-39H2,1-4H3/p+1. The molecular formula is C45H69NO8P+.